The molecule has 13 heavy (non-hydrogen) atoms. The molecule has 1 atom stereocenters. The molecule has 1 unspecified atom stereocenters. The monoisotopic (exact) mass is 194 g/mol. The highest BCUT2D eigenvalue weighted by molar-refractivity contribution is 7.10. The average Bonchev–Trinajstić information content (AvgIpc) is 2.82. The normalized spacial score (nSPS) is 20.4. The molecule has 1 aliphatic carbocycles. The molecule has 0 bridgehead atoms. The molecule has 0 spiro atoms. The maximum Gasteiger partial charge on any atom is 0.130 e. The summed E-state index contributed by atoms with van der Waals surface area (Å²) in [7, 11) is 0. The predicted octanol–water partition coefficient (Wildman–Crippen LogP) is 1.73. The number of hydrogen-bond donors (Lipinski definition) is 1. The molecule has 3 heteroatoms. The minimum absolute atomic E-state index is 0.215. The van der Waals surface area contributed by atoms with Gasteiger partial charge in [0.25, 0.3) is 0 Å². The standard InChI is InChI=1S/C10H10O2S/c11-6-5-10(12,8-3-4-8)9-2-1-7-13-9/h1-2,5,7-8,12H,3-4H2. The van der Waals surface area contributed by atoms with Crippen LogP contribution >= 0.6 is 11.3 Å². The van der Waals surface area contributed by atoms with Crippen LogP contribution in [-0.2, 0) is 10.4 Å². The molecule has 1 aliphatic rings. The zero-order chi connectivity index (χ0) is 9.31. The van der Waals surface area contributed by atoms with Gasteiger partial charge in [0.15, 0.2) is 0 Å². The molecule has 0 amide bonds. The summed E-state index contributed by atoms with van der Waals surface area (Å²) in [5.74, 6) is 1.91. The van der Waals surface area contributed by atoms with Crippen molar-refractivity contribution in [3.8, 4) is 0 Å². The molecule has 1 heterocycles. The molecule has 2 rings (SSSR count). The van der Waals surface area contributed by atoms with Gasteiger partial charge in [-0.15, -0.1) is 11.3 Å². The van der Waals surface area contributed by atoms with Crippen LogP contribution in [0.25, 0.3) is 0 Å². The Bertz CT molecular complexity index is 334. The highest BCUT2D eigenvalue weighted by Gasteiger charge is 2.44. The van der Waals surface area contributed by atoms with Gasteiger partial charge in [-0.1, -0.05) is 6.07 Å². The smallest absolute Gasteiger partial charge is 0.130 e. The van der Waals surface area contributed by atoms with Crippen molar-refractivity contribution in [2.24, 2.45) is 5.92 Å². The first kappa shape index (κ1) is 8.70. The van der Waals surface area contributed by atoms with Crippen molar-refractivity contribution in [3.63, 3.8) is 0 Å². The number of thiophene rings is 1. The quantitative estimate of drug-likeness (QED) is 0.744. The van der Waals surface area contributed by atoms with Gasteiger partial charge in [-0.05, 0) is 30.2 Å². The first-order valence-electron chi connectivity index (χ1n) is 4.26. The summed E-state index contributed by atoms with van der Waals surface area (Å²) >= 11 is 1.48. The van der Waals surface area contributed by atoms with Gasteiger partial charge in [-0.2, -0.15) is 0 Å². The Labute approximate surface area is 80.5 Å². The number of carbonyl (C=O) groups excluding carboxylic acids is 1. The molecule has 1 fully saturated rings. The van der Waals surface area contributed by atoms with Gasteiger partial charge in [0, 0.05) is 11.0 Å². The van der Waals surface area contributed by atoms with E-state index in [4.69, 9.17) is 0 Å². The van der Waals surface area contributed by atoms with Crippen molar-refractivity contribution in [1.29, 1.82) is 0 Å². The van der Waals surface area contributed by atoms with E-state index in [1.54, 1.807) is 5.94 Å². The zero-order valence-electron chi connectivity index (χ0n) is 7.06. The van der Waals surface area contributed by atoms with Gasteiger partial charge in [0.2, 0.25) is 0 Å². The topological polar surface area (TPSA) is 37.3 Å². The Morgan fingerprint density at radius 2 is 2.46 bits per heavy atom. The van der Waals surface area contributed by atoms with E-state index in [1.807, 2.05) is 17.5 Å². The van der Waals surface area contributed by atoms with Crippen LogP contribution in [0, 0.1) is 5.92 Å². The van der Waals surface area contributed by atoms with E-state index in [9.17, 15) is 9.90 Å². The first-order valence-corrected chi connectivity index (χ1v) is 5.14. The van der Waals surface area contributed by atoms with Crippen LogP contribution in [-0.4, -0.2) is 11.0 Å². The Kier molecular flexibility index (Phi) is 2.08. The lowest BCUT2D eigenvalue weighted by Crippen LogP contribution is -2.24. The summed E-state index contributed by atoms with van der Waals surface area (Å²) in [6, 6.07) is 3.74. The third kappa shape index (κ3) is 1.46. The summed E-state index contributed by atoms with van der Waals surface area (Å²) in [5, 5.41) is 12.1. The highest BCUT2D eigenvalue weighted by Crippen LogP contribution is 2.47. The molecule has 0 saturated heterocycles. The van der Waals surface area contributed by atoms with Gasteiger partial charge < -0.3 is 5.11 Å². The molecule has 0 aromatic carbocycles. The fourth-order valence-corrected chi connectivity index (χ4v) is 2.39. The molecule has 1 N–H and O–H groups in total. The summed E-state index contributed by atoms with van der Waals surface area (Å²) in [4.78, 5) is 11.2. The maximum atomic E-state index is 10.3. The second-order valence-corrected chi connectivity index (χ2v) is 4.29. The van der Waals surface area contributed by atoms with E-state index < -0.39 is 5.60 Å². The maximum absolute atomic E-state index is 10.3. The van der Waals surface area contributed by atoms with E-state index in [0.717, 1.165) is 17.7 Å². The molecule has 0 aliphatic heterocycles. The number of rotatable bonds is 3. The largest absolute Gasteiger partial charge is 0.379 e. The SMILES string of the molecule is O=C=CC(O)(c1cccs1)C1CC1. The van der Waals surface area contributed by atoms with Crippen molar-refractivity contribution in [1.82, 2.24) is 0 Å². The molecule has 1 aromatic rings. The highest BCUT2D eigenvalue weighted by atomic mass is 32.1. The molecule has 0 radical (unpaired) electrons. The summed E-state index contributed by atoms with van der Waals surface area (Å²) < 4.78 is 0. The Balaban J connectivity index is 2.38. The number of hydrogen-bond acceptors (Lipinski definition) is 3. The average molecular weight is 194 g/mol. The number of aliphatic hydroxyl groups is 1. The fourth-order valence-electron chi connectivity index (χ4n) is 1.51. The van der Waals surface area contributed by atoms with E-state index in [1.165, 1.54) is 17.4 Å². The van der Waals surface area contributed by atoms with Gasteiger partial charge in [0.1, 0.15) is 11.5 Å². The molecule has 1 aromatic heterocycles. The fraction of sp³-hybridized carbons (Fsp3) is 0.400. The van der Waals surface area contributed by atoms with Gasteiger partial charge in [0.05, 0.1) is 0 Å². The van der Waals surface area contributed by atoms with Crippen molar-refractivity contribution >= 4 is 17.3 Å². The van der Waals surface area contributed by atoms with E-state index >= 15 is 0 Å². The minimum Gasteiger partial charge on any atom is -0.379 e. The molecule has 68 valence electrons. The van der Waals surface area contributed by atoms with Crippen LogP contribution in [0.15, 0.2) is 23.6 Å². The summed E-state index contributed by atoms with van der Waals surface area (Å²) in [6.07, 6.45) is 3.23. The van der Waals surface area contributed by atoms with Crippen molar-refractivity contribution < 1.29 is 9.90 Å². The lowest BCUT2D eigenvalue weighted by atomic mass is 9.96. The zero-order valence-corrected chi connectivity index (χ0v) is 7.88. The van der Waals surface area contributed by atoms with Crippen LogP contribution in [0.2, 0.25) is 0 Å². The van der Waals surface area contributed by atoms with E-state index in [-0.39, 0.29) is 5.92 Å². The predicted molar refractivity (Wildman–Crippen MR) is 51.2 cm³/mol. The van der Waals surface area contributed by atoms with Gasteiger partial charge in [-0.3, -0.25) is 0 Å². The Morgan fingerprint density at radius 3 is 2.92 bits per heavy atom. The van der Waals surface area contributed by atoms with E-state index in [0.29, 0.717) is 0 Å². The summed E-state index contributed by atoms with van der Waals surface area (Å²) in [5.41, 5.74) is -1.05. The van der Waals surface area contributed by atoms with Crippen molar-refractivity contribution in [3.05, 3.63) is 28.5 Å². The first-order chi connectivity index (χ1) is 6.27. The lowest BCUT2D eigenvalue weighted by Gasteiger charge is -2.20. The summed E-state index contributed by atoms with van der Waals surface area (Å²) in [6.45, 7) is 0. The van der Waals surface area contributed by atoms with Gasteiger partial charge in [-0.25, -0.2) is 4.79 Å². The van der Waals surface area contributed by atoms with Crippen LogP contribution < -0.4 is 0 Å². The van der Waals surface area contributed by atoms with Crippen LogP contribution in [0.4, 0.5) is 0 Å². The van der Waals surface area contributed by atoms with Gasteiger partial charge >= 0.3 is 0 Å². The minimum atomic E-state index is -1.05. The third-order valence-corrected chi connectivity index (χ3v) is 3.40. The lowest BCUT2D eigenvalue weighted by molar-refractivity contribution is 0.0699. The second kappa shape index (κ2) is 3.11. The molecule has 2 nitrogen and oxygen atoms in total. The third-order valence-electron chi connectivity index (χ3n) is 2.39. The Morgan fingerprint density at radius 1 is 1.69 bits per heavy atom. The van der Waals surface area contributed by atoms with Crippen molar-refractivity contribution in [2.45, 2.75) is 18.4 Å². The van der Waals surface area contributed by atoms with Crippen LogP contribution in [0.3, 0.4) is 0 Å². The van der Waals surface area contributed by atoms with E-state index in [2.05, 4.69) is 0 Å². The second-order valence-electron chi connectivity index (χ2n) is 3.34. The Hall–Kier alpha value is -0.890. The van der Waals surface area contributed by atoms with Crippen LogP contribution in [0.1, 0.15) is 17.7 Å². The molecular formula is C10H10O2S. The van der Waals surface area contributed by atoms with Crippen LogP contribution in [0.5, 0.6) is 0 Å². The van der Waals surface area contributed by atoms with Crippen molar-refractivity contribution in [2.75, 3.05) is 0 Å². The molecular weight excluding hydrogens is 184 g/mol. The molecule has 1 saturated carbocycles.